The van der Waals surface area contributed by atoms with Crippen LogP contribution in [-0.4, -0.2) is 38.5 Å². The number of nitrogens with one attached hydrogen (secondary N) is 2. The molecular formula is C32H29N5O5S. The van der Waals surface area contributed by atoms with E-state index in [9.17, 15) is 13.2 Å². The van der Waals surface area contributed by atoms with E-state index in [2.05, 4.69) is 20.0 Å². The number of benzene rings is 4. The first-order valence-corrected chi connectivity index (χ1v) is 15.1. The molecule has 0 bridgehead atoms. The smallest absolute Gasteiger partial charge is 0.263 e. The Kier molecular flexibility index (Phi) is 7.56. The average Bonchev–Trinajstić information content (AvgIpc) is 3.88. The lowest BCUT2D eigenvalue weighted by Crippen LogP contribution is -2.27. The van der Waals surface area contributed by atoms with Gasteiger partial charge in [0.05, 0.1) is 35.8 Å². The van der Waals surface area contributed by atoms with Crippen molar-refractivity contribution in [1.82, 2.24) is 9.97 Å². The van der Waals surface area contributed by atoms with Crippen molar-refractivity contribution >= 4 is 55.7 Å². The van der Waals surface area contributed by atoms with Crippen molar-refractivity contribution in [1.29, 1.82) is 0 Å². The molecule has 1 fully saturated rings. The summed E-state index contributed by atoms with van der Waals surface area (Å²) >= 11 is 0. The highest BCUT2D eigenvalue weighted by Crippen LogP contribution is 2.37. The second kappa shape index (κ2) is 11.6. The summed E-state index contributed by atoms with van der Waals surface area (Å²) in [5, 5.41) is 3.16. The van der Waals surface area contributed by atoms with Crippen LogP contribution in [0.3, 0.4) is 0 Å². The SMILES string of the molecule is COc1cc(Nc2nc3ccccc3nc2NS(=O)(=O)c2cccc(N(C(=O)C3CC3)c3ccccc3)c2)cc(OC)c1. The number of sulfonamides is 1. The van der Waals surface area contributed by atoms with Gasteiger partial charge < -0.3 is 14.8 Å². The Balaban J connectivity index is 1.38. The molecule has 0 aliphatic heterocycles. The third-order valence-electron chi connectivity index (χ3n) is 6.96. The Labute approximate surface area is 249 Å². The quantitative estimate of drug-likeness (QED) is 0.194. The van der Waals surface area contributed by atoms with Gasteiger partial charge in [0.15, 0.2) is 11.6 Å². The molecule has 1 aliphatic carbocycles. The Morgan fingerprint density at radius 2 is 1.37 bits per heavy atom. The number of hydrogen-bond acceptors (Lipinski definition) is 8. The van der Waals surface area contributed by atoms with Crippen LogP contribution < -0.4 is 24.4 Å². The molecule has 0 unspecified atom stereocenters. The number of ether oxygens (including phenoxy) is 2. The molecule has 6 rings (SSSR count). The van der Waals surface area contributed by atoms with E-state index in [0.717, 1.165) is 12.8 Å². The van der Waals surface area contributed by atoms with Gasteiger partial charge in [0.2, 0.25) is 5.91 Å². The highest BCUT2D eigenvalue weighted by Gasteiger charge is 2.35. The molecule has 2 N–H and O–H groups in total. The zero-order chi connectivity index (χ0) is 30.0. The minimum atomic E-state index is -4.17. The highest BCUT2D eigenvalue weighted by atomic mass is 32.2. The van der Waals surface area contributed by atoms with E-state index in [-0.39, 0.29) is 28.4 Å². The Morgan fingerprint density at radius 3 is 2.00 bits per heavy atom. The lowest BCUT2D eigenvalue weighted by molar-refractivity contribution is -0.119. The number of methoxy groups -OCH3 is 2. The Morgan fingerprint density at radius 1 is 0.767 bits per heavy atom. The summed E-state index contributed by atoms with van der Waals surface area (Å²) in [6.07, 6.45) is 1.63. The molecule has 5 aromatic rings. The van der Waals surface area contributed by atoms with E-state index in [4.69, 9.17) is 9.47 Å². The van der Waals surface area contributed by atoms with Crippen LogP contribution in [0.2, 0.25) is 0 Å². The zero-order valence-corrected chi connectivity index (χ0v) is 24.3. The molecule has 1 saturated carbocycles. The first-order chi connectivity index (χ1) is 20.8. The molecule has 1 aliphatic rings. The fraction of sp³-hybridized carbons (Fsp3) is 0.156. The van der Waals surface area contributed by atoms with Gasteiger partial charge in [-0.15, -0.1) is 0 Å². The number of carbonyl (C=O) groups excluding carboxylic acids is 1. The predicted octanol–water partition coefficient (Wildman–Crippen LogP) is 6.27. The van der Waals surface area contributed by atoms with Crippen LogP contribution in [0.5, 0.6) is 11.5 Å². The molecule has 0 spiro atoms. The summed E-state index contributed by atoms with van der Waals surface area (Å²) in [6.45, 7) is 0. The number of para-hydroxylation sites is 3. The van der Waals surface area contributed by atoms with Crippen LogP contribution in [-0.2, 0) is 14.8 Å². The van der Waals surface area contributed by atoms with Crippen molar-refractivity contribution in [2.45, 2.75) is 17.7 Å². The molecule has 1 aromatic heterocycles. The van der Waals surface area contributed by atoms with E-state index in [0.29, 0.717) is 39.6 Å². The van der Waals surface area contributed by atoms with Crippen LogP contribution in [0.4, 0.5) is 28.7 Å². The number of anilines is 5. The molecule has 11 heteroatoms. The van der Waals surface area contributed by atoms with Gasteiger partial charge in [0, 0.05) is 35.5 Å². The third kappa shape index (κ3) is 6.07. The van der Waals surface area contributed by atoms with Crippen LogP contribution in [0.15, 0.2) is 102 Å². The van der Waals surface area contributed by atoms with Gasteiger partial charge in [-0.1, -0.05) is 36.4 Å². The van der Waals surface area contributed by atoms with Crippen LogP contribution in [0.25, 0.3) is 11.0 Å². The largest absolute Gasteiger partial charge is 0.497 e. The predicted molar refractivity (Wildman–Crippen MR) is 166 cm³/mol. The molecule has 218 valence electrons. The Hall–Kier alpha value is -5.16. The lowest BCUT2D eigenvalue weighted by atomic mass is 10.2. The monoisotopic (exact) mass is 595 g/mol. The summed E-state index contributed by atoms with van der Waals surface area (Å²) < 4.78 is 41.0. The number of nitrogens with zero attached hydrogens (tertiary/aromatic N) is 3. The van der Waals surface area contributed by atoms with Crippen LogP contribution >= 0.6 is 0 Å². The fourth-order valence-electron chi connectivity index (χ4n) is 4.64. The third-order valence-corrected chi connectivity index (χ3v) is 8.30. The molecule has 4 aromatic carbocycles. The van der Waals surface area contributed by atoms with Gasteiger partial charge in [-0.3, -0.25) is 14.4 Å². The first kappa shape index (κ1) is 28.0. The number of amides is 1. The molecule has 1 heterocycles. The Bertz CT molecular complexity index is 1890. The van der Waals surface area contributed by atoms with Crippen LogP contribution in [0, 0.1) is 5.92 Å². The molecule has 0 radical (unpaired) electrons. The maximum atomic E-state index is 13.8. The summed E-state index contributed by atoms with van der Waals surface area (Å²) in [5.41, 5.74) is 2.76. The van der Waals surface area contributed by atoms with Crippen molar-refractivity contribution in [2.24, 2.45) is 5.92 Å². The topological polar surface area (TPSA) is 123 Å². The number of hydrogen-bond donors (Lipinski definition) is 2. The number of fused-ring (bicyclic) bond motifs is 1. The normalized spacial score (nSPS) is 12.9. The second-order valence-electron chi connectivity index (χ2n) is 10.0. The van der Waals surface area contributed by atoms with Crippen molar-refractivity contribution < 1.29 is 22.7 Å². The maximum Gasteiger partial charge on any atom is 0.263 e. The number of carbonyl (C=O) groups is 1. The zero-order valence-electron chi connectivity index (χ0n) is 23.5. The molecule has 0 atom stereocenters. The van der Waals surface area contributed by atoms with E-state index in [1.165, 1.54) is 12.1 Å². The molecule has 43 heavy (non-hydrogen) atoms. The van der Waals surface area contributed by atoms with E-state index in [1.54, 1.807) is 67.7 Å². The summed E-state index contributed by atoms with van der Waals surface area (Å²) in [7, 11) is -1.09. The summed E-state index contributed by atoms with van der Waals surface area (Å²) in [4.78, 5) is 24.1. The summed E-state index contributed by atoms with van der Waals surface area (Å²) in [6, 6.07) is 27.9. The van der Waals surface area contributed by atoms with Crippen molar-refractivity contribution in [2.75, 3.05) is 29.2 Å². The minimum Gasteiger partial charge on any atom is -0.497 e. The van der Waals surface area contributed by atoms with Gasteiger partial charge in [-0.05, 0) is 55.3 Å². The average molecular weight is 596 g/mol. The molecule has 10 nitrogen and oxygen atoms in total. The standard InChI is InChI=1S/C32H29N5O5S/c1-41-25-17-22(18-26(20-25)42-2)33-30-31(35-29-14-7-6-13-28(29)34-30)36-43(39,40)27-12-8-11-24(19-27)37(32(38)21-15-16-21)23-9-4-3-5-10-23/h3-14,17-21H,15-16H2,1-2H3,(H,33,34)(H,35,36). The summed E-state index contributed by atoms with van der Waals surface area (Å²) in [5.74, 6) is 1.13. The van der Waals surface area contributed by atoms with Gasteiger partial charge >= 0.3 is 0 Å². The molecular weight excluding hydrogens is 566 g/mol. The van der Waals surface area contributed by atoms with Crippen molar-refractivity contribution in [3.05, 3.63) is 97.1 Å². The molecule has 1 amide bonds. The van der Waals surface area contributed by atoms with E-state index < -0.39 is 10.0 Å². The lowest BCUT2D eigenvalue weighted by Gasteiger charge is -2.23. The van der Waals surface area contributed by atoms with Gasteiger partial charge in [-0.25, -0.2) is 18.4 Å². The second-order valence-corrected chi connectivity index (χ2v) is 11.7. The van der Waals surface area contributed by atoms with Gasteiger partial charge in [-0.2, -0.15) is 0 Å². The van der Waals surface area contributed by atoms with Crippen LogP contribution in [0.1, 0.15) is 12.8 Å². The highest BCUT2D eigenvalue weighted by molar-refractivity contribution is 7.92. The number of rotatable bonds is 10. The van der Waals surface area contributed by atoms with Crippen molar-refractivity contribution in [3.8, 4) is 11.5 Å². The van der Waals surface area contributed by atoms with E-state index >= 15 is 0 Å². The van der Waals surface area contributed by atoms with Gasteiger partial charge in [0.1, 0.15) is 11.5 Å². The molecule has 0 saturated heterocycles. The number of aromatic nitrogens is 2. The minimum absolute atomic E-state index is 0.000128. The van der Waals surface area contributed by atoms with E-state index in [1.807, 2.05) is 36.4 Å². The maximum absolute atomic E-state index is 13.8. The fourth-order valence-corrected chi connectivity index (χ4v) is 5.69. The van der Waals surface area contributed by atoms with Gasteiger partial charge in [0.25, 0.3) is 10.0 Å². The van der Waals surface area contributed by atoms with Crippen molar-refractivity contribution in [3.63, 3.8) is 0 Å². The first-order valence-electron chi connectivity index (χ1n) is 13.6.